The fourth-order valence-electron chi connectivity index (χ4n) is 7.82. The van der Waals surface area contributed by atoms with Gasteiger partial charge < -0.3 is 0 Å². The fraction of sp³-hybridized carbons (Fsp3) is 0.0455. The SMILES string of the molecule is C1=CC2C(c3ccccc3-c3ccccc3)=CC=C3c4ccc(-c5ccccc5-c5ccccc5)c5cccc(c45)C(=C1)C32. The summed E-state index contributed by atoms with van der Waals surface area (Å²) in [7, 11) is 0. The van der Waals surface area contributed by atoms with Crippen molar-refractivity contribution in [3.05, 3.63) is 187 Å². The van der Waals surface area contributed by atoms with Crippen molar-refractivity contribution in [2.75, 3.05) is 0 Å². The quantitative estimate of drug-likeness (QED) is 0.202. The van der Waals surface area contributed by atoms with Crippen LogP contribution in [0.25, 0.3) is 60.9 Å². The van der Waals surface area contributed by atoms with Gasteiger partial charge in [-0.1, -0.05) is 170 Å². The first-order valence-corrected chi connectivity index (χ1v) is 15.5. The molecule has 0 bridgehead atoms. The molecule has 206 valence electrons. The van der Waals surface area contributed by atoms with E-state index in [-0.39, 0.29) is 5.92 Å². The van der Waals surface area contributed by atoms with Gasteiger partial charge in [0.05, 0.1) is 0 Å². The van der Waals surface area contributed by atoms with E-state index in [0.29, 0.717) is 5.92 Å². The number of rotatable bonds is 4. The van der Waals surface area contributed by atoms with Crippen LogP contribution in [0.5, 0.6) is 0 Å². The topological polar surface area (TPSA) is 0 Å². The molecule has 2 unspecified atom stereocenters. The van der Waals surface area contributed by atoms with Crippen LogP contribution in [0.2, 0.25) is 0 Å². The van der Waals surface area contributed by atoms with E-state index < -0.39 is 0 Å². The molecule has 0 amide bonds. The minimum Gasteiger partial charge on any atom is -0.0760 e. The second-order valence-corrected chi connectivity index (χ2v) is 12.0. The van der Waals surface area contributed by atoms with Crippen molar-refractivity contribution in [1.29, 1.82) is 0 Å². The van der Waals surface area contributed by atoms with Crippen molar-refractivity contribution in [3.63, 3.8) is 0 Å². The molecule has 0 radical (unpaired) electrons. The Bertz CT molecular complexity index is 2210. The predicted molar refractivity (Wildman–Crippen MR) is 187 cm³/mol. The van der Waals surface area contributed by atoms with Crippen molar-refractivity contribution in [3.8, 4) is 33.4 Å². The van der Waals surface area contributed by atoms with E-state index in [1.807, 2.05) is 0 Å². The van der Waals surface area contributed by atoms with E-state index in [9.17, 15) is 0 Å². The maximum atomic E-state index is 2.42. The molecule has 3 aliphatic carbocycles. The van der Waals surface area contributed by atoms with Gasteiger partial charge in [0.25, 0.3) is 0 Å². The summed E-state index contributed by atoms with van der Waals surface area (Å²) >= 11 is 0. The fourth-order valence-corrected chi connectivity index (χ4v) is 7.82. The average Bonchev–Trinajstić information content (AvgIpc) is 3.11. The summed E-state index contributed by atoms with van der Waals surface area (Å²) in [5, 5.41) is 2.69. The Kier molecular flexibility index (Phi) is 5.74. The number of fused-ring (bicyclic) bond motifs is 2. The highest BCUT2D eigenvalue weighted by molar-refractivity contribution is 6.14. The van der Waals surface area contributed by atoms with Crippen molar-refractivity contribution < 1.29 is 0 Å². The zero-order valence-corrected chi connectivity index (χ0v) is 24.3. The van der Waals surface area contributed by atoms with E-state index in [2.05, 4.69) is 170 Å². The molecule has 2 atom stereocenters. The number of hydrogen-bond donors (Lipinski definition) is 0. The van der Waals surface area contributed by atoms with Gasteiger partial charge in [-0.15, -0.1) is 0 Å². The molecule has 6 aromatic carbocycles. The Hall–Kier alpha value is -5.46. The molecule has 0 heterocycles. The lowest BCUT2D eigenvalue weighted by molar-refractivity contribution is 0.711. The summed E-state index contributed by atoms with van der Waals surface area (Å²) in [6, 6.07) is 50.9. The Morgan fingerprint density at radius 1 is 0.341 bits per heavy atom. The van der Waals surface area contributed by atoms with Gasteiger partial charge in [0, 0.05) is 11.8 Å². The highest BCUT2D eigenvalue weighted by atomic mass is 14.4. The third-order valence-electron chi connectivity index (χ3n) is 9.71. The highest BCUT2D eigenvalue weighted by Gasteiger charge is 2.39. The van der Waals surface area contributed by atoms with E-state index in [1.54, 1.807) is 0 Å². The van der Waals surface area contributed by atoms with Crippen LogP contribution in [-0.2, 0) is 0 Å². The van der Waals surface area contributed by atoms with Crippen LogP contribution >= 0.6 is 0 Å². The van der Waals surface area contributed by atoms with E-state index >= 15 is 0 Å². The van der Waals surface area contributed by atoms with Crippen LogP contribution in [0.1, 0.15) is 16.7 Å². The molecule has 0 saturated carbocycles. The molecule has 0 aliphatic heterocycles. The van der Waals surface area contributed by atoms with Gasteiger partial charge in [0.15, 0.2) is 0 Å². The van der Waals surface area contributed by atoms with E-state index in [4.69, 9.17) is 0 Å². The summed E-state index contributed by atoms with van der Waals surface area (Å²) in [4.78, 5) is 0. The first kappa shape index (κ1) is 25.1. The zero-order valence-electron chi connectivity index (χ0n) is 24.3. The lowest BCUT2D eigenvalue weighted by Gasteiger charge is -2.40. The van der Waals surface area contributed by atoms with Crippen molar-refractivity contribution in [2.24, 2.45) is 11.8 Å². The second-order valence-electron chi connectivity index (χ2n) is 12.0. The predicted octanol–water partition coefficient (Wildman–Crippen LogP) is 11.5. The molecule has 3 aliphatic rings. The third-order valence-corrected chi connectivity index (χ3v) is 9.71. The first-order chi connectivity index (χ1) is 21.9. The average molecular weight is 559 g/mol. The van der Waals surface area contributed by atoms with Gasteiger partial charge in [0.2, 0.25) is 0 Å². The van der Waals surface area contributed by atoms with Gasteiger partial charge in [-0.25, -0.2) is 0 Å². The summed E-state index contributed by atoms with van der Waals surface area (Å²) in [5.41, 5.74) is 15.9. The monoisotopic (exact) mass is 558 g/mol. The van der Waals surface area contributed by atoms with Crippen LogP contribution < -0.4 is 0 Å². The number of allylic oxidation sites excluding steroid dienone is 8. The molecule has 0 saturated heterocycles. The molecule has 0 aromatic heterocycles. The molecule has 9 rings (SSSR count). The lowest BCUT2D eigenvalue weighted by Crippen LogP contribution is -2.25. The lowest BCUT2D eigenvalue weighted by atomic mass is 9.62. The van der Waals surface area contributed by atoms with Gasteiger partial charge in [-0.2, -0.15) is 0 Å². The Morgan fingerprint density at radius 2 is 0.864 bits per heavy atom. The van der Waals surface area contributed by atoms with Crippen molar-refractivity contribution in [1.82, 2.24) is 0 Å². The maximum absolute atomic E-state index is 2.42. The molecule has 6 aromatic rings. The summed E-state index contributed by atoms with van der Waals surface area (Å²) in [5.74, 6) is 0.575. The number of hydrogen-bond acceptors (Lipinski definition) is 0. The summed E-state index contributed by atoms with van der Waals surface area (Å²) in [6.45, 7) is 0. The molecule has 0 heteroatoms. The van der Waals surface area contributed by atoms with Gasteiger partial charge in [-0.3, -0.25) is 0 Å². The van der Waals surface area contributed by atoms with Crippen molar-refractivity contribution >= 4 is 27.5 Å². The van der Waals surface area contributed by atoms with Gasteiger partial charge >= 0.3 is 0 Å². The highest BCUT2D eigenvalue weighted by Crippen LogP contribution is 2.56. The molecular weight excluding hydrogens is 528 g/mol. The third kappa shape index (κ3) is 3.78. The summed E-state index contributed by atoms with van der Waals surface area (Å²) in [6.07, 6.45) is 11.9. The molecule has 0 spiro atoms. The minimum absolute atomic E-state index is 0.279. The van der Waals surface area contributed by atoms with Crippen LogP contribution in [0.15, 0.2) is 170 Å². The van der Waals surface area contributed by atoms with E-state index in [1.165, 1.54) is 77.6 Å². The Balaban J connectivity index is 1.25. The molecule has 0 N–H and O–H groups in total. The second kappa shape index (κ2) is 10.1. The van der Waals surface area contributed by atoms with Crippen LogP contribution in [0, 0.1) is 11.8 Å². The standard InChI is InChI=1S/C44H30/c1-3-13-29(14-4-1)31-17-7-9-19-33(31)35-25-27-41-42-28-26-36(34-20-10-8-18-32(34)30-15-5-2-6-16-30)38-22-12-24-40(44(38)42)39-23-11-21-37(35)43(39)41/h1-28,37,43H. The molecule has 44 heavy (non-hydrogen) atoms. The molecule has 0 fully saturated rings. The van der Waals surface area contributed by atoms with Crippen LogP contribution in [0.4, 0.5) is 0 Å². The van der Waals surface area contributed by atoms with E-state index in [0.717, 1.165) is 0 Å². The van der Waals surface area contributed by atoms with Gasteiger partial charge in [-0.05, 0) is 77.6 Å². The normalized spacial score (nSPS) is 17.9. The van der Waals surface area contributed by atoms with Crippen LogP contribution in [-0.4, -0.2) is 0 Å². The zero-order chi connectivity index (χ0) is 29.0. The van der Waals surface area contributed by atoms with Crippen molar-refractivity contribution in [2.45, 2.75) is 0 Å². The van der Waals surface area contributed by atoms with Crippen LogP contribution in [0.3, 0.4) is 0 Å². The molecular formula is C44H30. The maximum Gasteiger partial charge on any atom is 0.0205 e. The minimum atomic E-state index is 0.279. The first-order valence-electron chi connectivity index (χ1n) is 15.5. The molecule has 0 nitrogen and oxygen atoms in total. The Morgan fingerprint density at radius 3 is 1.59 bits per heavy atom. The smallest absolute Gasteiger partial charge is 0.0205 e. The summed E-state index contributed by atoms with van der Waals surface area (Å²) < 4.78 is 0. The van der Waals surface area contributed by atoms with Gasteiger partial charge in [0.1, 0.15) is 0 Å². The largest absolute Gasteiger partial charge is 0.0760 e. The Labute approximate surface area is 258 Å². The number of benzene rings is 6.